The van der Waals surface area contributed by atoms with E-state index in [1.54, 1.807) is 0 Å². The SMILES string of the molecule is CCCCCCCCCCCn1c(CNC(=O)Cc2ccc(-c3ccccc3)cc2)nc2ccccc21. The Hall–Kier alpha value is -3.40. The summed E-state index contributed by atoms with van der Waals surface area (Å²) in [4.78, 5) is 17.6. The van der Waals surface area contributed by atoms with Crippen molar-refractivity contribution in [1.29, 1.82) is 0 Å². The fraction of sp³-hybridized carbons (Fsp3) is 0.394. The molecule has 0 bridgehead atoms. The van der Waals surface area contributed by atoms with Crippen molar-refractivity contribution >= 4 is 16.9 Å². The van der Waals surface area contributed by atoms with Gasteiger partial charge in [-0.3, -0.25) is 4.79 Å². The summed E-state index contributed by atoms with van der Waals surface area (Å²) in [5.74, 6) is 0.961. The van der Waals surface area contributed by atoms with Gasteiger partial charge in [-0.05, 0) is 35.2 Å². The molecule has 0 aliphatic rings. The second-order valence-electron chi connectivity index (χ2n) is 10.0. The first-order chi connectivity index (χ1) is 18.2. The van der Waals surface area contributed by atoms with Crippen LogP contribution in [0.4, 0.5) is 0 Å². The molecule has 37 heavy (non-hydrogen) atoms. The number of rotatable bonds is 15. The number of nitrogens with zero attached hydrogens (tertiary/aromatic N) is 2. The molecule has 0 spiro atoms. The highest BCUT2D eigenvalue weighted by Crippen LogP contribution is 2.20. The van der Waals surface area contributed by atoms with Crippen LogP contribution in [0.1, 0.15) is 76.1 Å². The second-order valence-corrected chi connectivity index (χ2v) is 10.0. The Morgan fingerprint density at radius 2 is 1.35 bits per heavy atom. The van der Waals surface area contributed by atoms with E-state index < -0.39 is 0 Å². The first-order valence-electron chi connectivity index (χ1n) is 14.1. The molecule has 1 N–H and O–H groups in total. The highest BCUT2D eigenvalue weighted by atomic mass is 16.1. The average Bonchev–Trinajstić information content (AvgIpc) is 3.29. The maximum atomic E-state index is 12.7. The molecule has 0 saturated carbocycles. The summed E-state index contributed by atoms with van der Waals surface area (Å²) in [5, 5.41) is 3.11. The molecule has 194 valence electrons. The Kier molecular flexibility index (Phi) is 10.4. The second kappa shape index (κ2) is 14.4. The zero-order chi connectivity index (χ0) is 25.7. The van der Waals surface area contributed by atoms with Crippen molar-refractivity contribution in [1.82, 2.24) is 14.9 Å². The standard InChI is InChI=1S/C33H41N3O/c1-2-3-4-5-6-7-8-9-15-24-36-31-19-14-13-18-30(31)35-32(36)26-34-33(37)25-27-20-22-29(23-21-27)28-16-11-10-12-17-28/h10-14,16-23H,2-9,15,24-26H2,1H3,(H,34,37). The molecule has 4 aromatic rings. The van der Waals surface area contributed by atoms with E-state index in [0.29, 0.717) is 13.0 Å². The smallest absolute Gasteiger partial charge is 0.224 e. The number of amides is 1. The van der Waals surface area contributed by atoms with Gasteiger partial charge in [0.15, 0.2) is 0 Å². The van der Waals surface area contributed by atoms with Crippen LogP contribution in [0.15, 0.2) is 78.9 Å². The number of benzene rings is 3. The quantitative estimate of drug-likeness (QED) is 0.169. The molecule has 0 aliphatic carbocycles. The third-order valence-corrected chi connectivity index (χ3v) is 7.09. The lowest BCUT2D eigenvalue weighted by Gasteiger charge is -2.11. The van der Waals surface area contributed by atoms with Crippen molar-refractivity contribution in [3.63, 3.8) is 0 Å². The summed E-state index contributed by atoms with van der Waals surface area (Å²) in [6.07, 6.45) is 12.2. The average molecular weight is 496 g/mol. The number of unbranched alkanes of at least 4 members (excludes halogenated alkanes) is 8. The maximum Gasteiger partial charge on any atom is 0.224 e. The molecule has 0 saturated heterocycles. The molecule has 4 heteroatoms. The van der Waals surface area contributed by atoms with Crippen LogP contribution in [-0.4, -0.2) is 15.5 Å². The van der Waals surface area contributed by atoms with E-state index in [9.17, 15) is 4.79 Å². The minimum atomic E-state index is 0.0224. The Morgan fingerprint density at radius 1 is 0.730 bits per heavy atom. The van der Waals surface area contributed by atoms with Crippen molar-refractivity contribution in [2.24, 2.45) is 0 Å². The monoisotopic (exact) mass is 495 g/mol. The van der Waals surface area contributed by atoms with Crippen molar-refractivity contribution in [2.45, 2.75) is 84.2 Å². The molecule has 4 rings (SSSR count). The zero-order valence-electron chi connectivity index (χ0n) is 22.3. The molecule has 3 aromatic carbocycles. The van der Waals surface area contributed by atoms with Gasteiger partial charge in [-0.1, -0.05) is 125 Å². The van der Waals surface area contributed by atoms with Gasteiger partial charge < -0.3 is 9.88 Å². The Labute approximate surface area is 222 Å². The lowest BCUT2D eigenvalue weighted by molar-refractivity contribution is -0.120. The van der Waals surface area contributed by atoms with Gasteiger partial charge in [-0.25, -0.2) is 4.98 Å². The number of hydrogen-bond donors (Lipinski definition) is 1. The fourth-order valence-electron chi connectivity index (χ4n) is 4.96. The highest BCUT2D eigenvalue weighted by molar-refractivity contribution is 5.79. The maximum absolute atomic E-state index is 12.7. The van der Waals surface area contributed by atoms with Crippen molar-refractivity contribution in [3.8, 4) is 11.1 Å². The van der Waals surface area contributed by atoms with E-state index in [0.717, 1.165) is 41.0 Å². The van der Waals surface area contributed by atoms with Gasteiger partial charge in [0.2, 0.25) is 5.91 Å². The van der Waals surface area contributed by atoms with Crippen LogP contribution in [0.5, 0.6) is 0 Å². The molecule has 4 nitrogen and oxygen atoms in total. The summed E-state index contributed by atoms with van der Waals surface area (Å²) in [6, 6.07) is 26.8. The molecule has 0 radical (unpaired) electrons. The first-order valence-corrected chi connectivity index (χ1v) is 14.1. The number of nitrogens with one attached hydrogen (secondary N) is 1. The van der Waals surface area contributed by atoms with E-state index in [-0.39, 0.29) is 5.91 Å². The lowest BCUT2D eigenvalue weighted by atomic mass is 10.0. The summed E-state index contributed by atoms with van der Waals surface area (Å²) in [7, 11) is 0. The van der Waals surface area contributed by atoms with Gasteiger partial charge >= 0.3 is 0 Å². The zero-order valence-corrected chi connectivity index (χ0v) is 22.3. The van der Waals surface area contributed by atoms with Crippen LogP contribution in [0, 0.1) is 0 Å². The third-order valence-electron chi connectivity index (χ3n) is 7.09. The fourth-order valence-corrected chi connectivity index (χ4v) is 4.96. The molecule has 1 amide bonds. The Balaban J connectivity index is 1.27. The summed E-state index contributed by atoms with van der Waals surface area (Å²) < 4.78 is 2.30. The number of para-hydroxylation sites is 2. The number of fused-ring (bicyclic) bond motifs is 1. The third kappa shape index (κ3) is 8.04. The van der Waals surface area contributed by atoms with E-state index in [1.165, 1.54) is 56.9 Å². The number of aromatic nitrogens is 2. The van der Waals surface area contributed by atoms with Gasteiger partial charge in [-0.2, -0.15) is 0 Å². The Bertz CT molecular complexity index is 1230. The molecular weight excluding hydrogens is 454 g/mol. The number of hydrogen-bond acceptors (Lipinski definition) is 2. The molecular formula is C33H41N3O. The number of imidazole rings is 1. The number of aryl methyl sites for hydroxylation is 1. The molecule has 1 aromatic heterocycles. The van der Waals surface area contributed by atoms with E-state index in [1.807, 2.05) is 36.4 Å². The van der Waals surface area contributed by atoms with Crippen molar-refractivity contribution in [2.75, 3.05) is 0 Å². The lowest BCUT2D eigenvalue weighted by Crippen LogP contribution is -2.26. The summed E-state index contributed by atoms with van der Waals surface area (Å²) in [6.45, 7) is 3.67. The van der Waals surface area contributed by atoms with E-state index in [4.69, 9.17) is 4.98 Å². The van der Waals surface area contributed by atoms with Crippen molar-refractivity contribution in [3.05, 3.63) is 90.3 Å². The van der Waals surface area contributed by atoms with Gasteiger partial charge in [0, 0.05) is 6.54 Å². The predicted molar refractivity (Wildman–Crippen MR) is 154 cm³/mol. The first kappa shape index (κ1) is 26.7. The van der Waals surface area contributed by atoms with Crippen LogP contribution in [0.2, 0.25) is 0 Å². The molecule has 0 aliphatic heterocycles. The van der Waals surface area contributed by atoms with Gasteiger partial charge in [0.25, 0.3) is 0 Å². The summed E-state index contributed by atoms with van der Waals surface area (Å²) in [5.41, 5.74) is 5.52. The van der Waals surface area contributed by atoms with Gasteiger partial charge in [0.1, 0.15) is 5.82 Å². The van der Waals surface area contributed by atoms with Crippen LogP contribution in [-0.2, 0) is 24.3 Å². The Morgan fingerprint density at radius 3 is 2.08 bits per heavy atom. The predicted octanol–water partition coefficient (Wildman–Crippen LogP) is 8.09. The van der Waals surface area contributed by atoms with Gasteiger partial charge in [-0.15, -0.1) is 0 Å². The van der Waals surface area contributed by atoms with Crippen LogP contribution in [0.25, 0.3) is 22.2 Å². The topological polar surface area (TPSA) is 46.9 Å². The van der Waals surface area contributed by atoms with Crippen LogP contribution < -0.4 is 5.32 Å². The van der Waals surface area contributed by atoms with E-state index >= 15 is 0 Å². The molecule has 0 fully saturated rings. The van der Waals surface area contributed by atoms with Gasteiger partial charge in [0.05, 0.1) is 24.0 Å². The minimum absolute atomic E-state index is 0.0224. The highest BCUT2D eigenvalue weighted by Gasteiger charge is 2.12. The van der Waals surface area contributed by atoms with Crippen LogP contribution >= 0.6 is 0 Å². The number of carbonyl (C=O) groups excluding carboxylic acids is 1. The number of carbonyl (C=O) groups is 1. The molecule has 0 atom stereocenters. The largest absolute Gasteiger partial charge is 0.349 e. The summed E-state index contributed by atoms with van der Waals surface area (Å²) >= 11 is 0. The van der Waals surface area contributed by atoms with Crippen molar-refractivity contribution < 1.29 is 4.79 Å². The van der Waals surface area contributed by atoms with E-state index in [2.05, 4.69) is 59.3 Å². The van der Waals surface area contributed by atoms with Crippen LogP contribution in [0.3, 0.4) is 0 Å². The normalized spacial score (nSPS) is 11.2. The molecule has 1 heterocycles. The molecule has 0 unspecified atom stereocenters. The minimum Gasteiger partial charge on any atom is -0.349 e.